The summed E-state index contributed by atoms with van der Waals surface area (Å²) in [6.07, 6.45) is 3.16. The fourth-order valence-electron chi connectivity index (χ4n) is 4.06. The largest absolute Gasteiger partial charge is 0.496 e. The van der Waals surface area contributed by atoms with Gasteiger partial charge in [-0.25, -0.2) is 9.37 Å². The summed E-state index contributed by atoms with van der Waals surface area (Å²) in [6, 6.07) is 8.69. The number of nitrogens with two attached hydrogens (primary N) is 1. The lowest BCUT2D eigenvalue weighted by atomic mass is 10.1. The first kappa shape index (κ1) is 23.2. The first-order valence-electron chi connectivity index (χ1n) is 10.7. The Morgan fingerprint density at radius 1 is 1.12 bits per heavy atom. The van der Waals surface area contributed by atoms with Crippen molar-refractivity contribution < 1.29 is 23.8 Å². The summed E-state index contributed by atoms with van der Waals surface area (Å²) in [5, 5.41) is 10.0. The SMILES string of the molecule is COc1cc(C(=O)N2CCN(c3cnc(N)cc3OC)C[C@H]2CO)ncc1-c1ccc(F)cc1. The normalized spacial score (nSPS) is 15.8. The molecule has 0 bridgehead atoms. The summed E-state index contributed by atoms with van der Waals surface area (Å²) in [6.45, 7) is 1.03. The number of hydrogen-bond acceptors (Lipinski definition) is 8. The Labute approximate surface area is 196 Å². The number of hydrogen-bond donors (Lipinski definition) is 2. The summed E-state index contributed by atoms with van der Waals surface area (Å²) >= 11 is 0. The molecule has 9 nitrogen and oxygen atoms in total. The number of amides is 1. The third-order valence-electron chi connectivity index (χ3n) is 5.84. The molecule has 1 amide bonds. The highest BCUT2D eigenvalue weighted by Gasteiger charge is 2.32. The fraction of sp³-hybridized carbons (Fsp3) is 0.292. The van der Waals surface area contributed by atoms with Crippen molar-refractivity contribution in [1.29, 1.82) is 0 Å². The van der Waals surface area contributed by atoms with Crippen LogP contribution in [0.4, 0.5) is 15.9 Å². The van der Waals surface area contributed by atoms with Crippen LogP contribution in [0.25, 0.3) is 11.1 Å². The Morgan fingerprint density at radius 3 is 2.53 bits per heavy atom. The third-order valence-corrected chi connectivity index (χ3v) is 5.84. The van der Waals surface area contributed by atoms with Crippen LogP contribution in [0.15, 0.2) is 48.8 Å². The highest BCUT2D eigenvalue weighted by Crippen LogP contribution is 2.32. The minimum atomic E-state index is -0.465. The second kappa shape index (κ2) is 9.92. The van der Waals surface area contributed by atoms with E-state index in [0.29, 0.717) is 42.5 Å². The molecular formula is C24H26FN5O4. The maximum atomic E-state index is 13.3. The molecule has 0 spiro atoms. The number of carbonyl (C=O) groups is 1. The van der Waals surface area contributed by atoms with Crippen LogP contribution in [0.1, 0.15) is 10.5 Å². The van der Waals surface area contributed by atoms with Gasteiger partial charge in [-0.1, -0.05) is 12.1 Å². The molecule has 0 aliphatic carbocycles. The minimum Gasteiger partial charge on any atom is -0.496 e. The van der Waals surface area contributed by atoms with Gasteiger partial charge < -0.3 is 30.1 Å². The number of pyridine rings is 2. The van der Waals surface area contributed by atoms with Crippen LogP contribution in [0.2, 0.25) is 0 Å². The van der Waals surface area contributed by atoms with Crippen LogP contribution < -0.4 is 20.1 Å². The van der Waals surface area contributed by atoms with Crippen molar-refractivity contribution in [3.63, 3.8) is 0 Å². The number of methoxy groups -OCH3 is 2. The quantitative estimate of drug-likeness (QED) is 0.567. The van der Waals surface area contributed by atoms with Crippen LogP contribution in [0, 0.1) is 5.82 Å². The molecule has 0 radical (unpaired) electrons. The average Bonchev–Trinajstić information content (AvgIpc) is 2.88. The Bertz CT molecular complexity index is 1170. The average molecular weight is 468 g/mol. The van der Waals surface area contributed by atoms with Gasteiger partial charge in [0.2, 0.25) is 0 Å². The predicted molar refractivity (Wildman–Crippen MR) is 126 cm³/mol. The maximum Gasteiger partial charge on any atom is 0.273 e. The summed E-state index contributed by atoms with van der Waals surface area (Å²) < 4.78 is 24.2. The molecule has 34 heavy (non-hydrogen) atoms. The van der Waals surface area contributed by atoms with Crippen LogP contribution in [-0.4, -0.2) is 72.4 Å². The molecule has 4 rings (SSSR count). The van der Waals surface area contributed by atoms with Gasteiger partial charge in [0.1, 0.15) is 28.8 Å². The lowest BCUT2D eigenvalue weighted by Gasteiger charge is -2.41. The molecule has 1 aromatic carbocycles. The summed E-state index contributed by atoms with van der Waals surface area (Å²) in [5.74, 6) is 0.708. The first-order chi connectivity index (χ1) is 16.4. The van der Waals surface area contributed by atoms with Gasteiger partial charge in [0.15, 0.2) is 0 Å². The number of nitrogen functional groups attached to an aromatic ring is 1. The van der Waals surface area contributed by atoms with Crippen LogP contribution in [0.5, 0.6) is 11.5 Å². The Kier molecular flexibility index (Phi) is 6.78. The van der Waals surface area contributed by atoms with E-state index in [0.717, 1.165) is 11.3 Å². The number of nitrogens with zero attached hydrogens (tertiary/aromatic N) is 4. The molecule has 178 valence electrons. The predicted octanol–water partition coefficient (Wildman–Crippen LogP) is 2.21. The molecule has 3 N–H and O–H groups in total. The number of aromatic nitrogens is 2. The van der Waals surface area contributed by atoms with Crippen molar-refractivity contribution in [2.75, 3.05) is 51.1 Å². The molecule has 10 heteroatoms. The van der Waals surface area contributed by atoms with E-state index in [4.69, 9.17) is 15.2 Å². The maximum absolute atomic E-state index is 13.3. The number of anilines is 2. The number of rotatable bonds is 6. The van der Waals surface area contributed by atoms with Gasteiger partial charge in [0, 0.05) is 43.5 Å². The van der Waals surface area contributed by atoms with E-state index in [9.17, 15) is 14.3 Å². The standard InChI is InChI=1S/C24H26FN5O4/c1-33-21-9-19(27-11-18(21)15-3-5-16(25)6-4-15)24(32)30-8-7-29(13-17(30)14-31)20-12-28-23(26)10-22(20)34-2/h3-6,9-12,17,31H,7-8,13-14H2,1-2H3,(H2,26,28)/t17-/m0/s1. The van der Waals surface area contributed by atoms with Crippen molar-refractivity contribution in [3.05, 3.63) is 60.3 Å². The molecule has 1 fully saturated rings. The first-order valence-corrected chi connectivity index (χ1v) is 10.7. The number of ether oxygens (including phenoxy) is 2. The van der Waals surface area contributed by atoms with Crippen molar-refractivity contribution in [2.24, 2.45) is 0 Å². The second-order valence-electron chi connectivity index (χ2n) is 7.84. The molecule has 1 aliphatic rings. The van der Waals surface area contributed by atoms with Gasteiger partial charge in [-0.2, -0.15) is 0 Å². The van der Waals surface area contributed by atoms with E-state index in [1.54, 1.807) is 42.5 Å². The highest BCUT2D eigenvalue weighted by atomic mass is 19.1. The number of aliphatic hydroxyl groups is 1. The van der Waals surface area contributed by atoms with Gasteiger partial charge in [0.05, 0.1) is 38.8 Å². The second-order valence-corrected chi connectivity index (χ2v) is 7.84. The van der Waals surface area contributed by atoms with Crippen LogP contribution in [-0.2, 0) is 0 Å². The number of piperazine rings is 1. The topological polar surface area (TPSA) is 114 Å². The van der Waals surface area contributed by atoms with E-state index in [-0.39, 0.29) is 24.0 Å². The van der Waals surface area contributed by atoms with Gasteiger partial charge in [-0.3, -0.25) is 9.78 Å². The van der Waals surface area contributed by atoms with E-state index >= 15 is 0 Å². The van der Waals surface area contributed by atoms with E-state index in [1.807, 2.05) is 4.90 Å². The number of halogens is 1. The number of carbonyl (C=O) groups excluding carboxylic acids is 1. The van der Waals surface area contributed by atoms with Crippen molar-refractivity contribution in [3.8, 4) is 22.6 Å². The van der Waals surface area contributed by atoms with Gasteiger partial charge >= 0.3 is 0 Å². The molecular weight excluding hydrogens is 441 g/mol. The zero-order valence-corrected chi connectivity index (χ0v) is 18.9. The number of benzene rings is 1. The van der Waals surface area contributed by atoms with Crippen molar-refractivity contribution >= 4 is 17.4 Å². The molecule has 0 saturated carbocycles. The zero-order valence-electron chi connectivity index (χ0n) is 18.9. The summed E-state index contributed by atoms with van der Waals surface area (Å²) in [5.41, 5.74) is 8.05. The monoisotopic (exact) mass is 467 g/mol. The molecule has 3 heterocycles. The lowest BCUT2D eigenvalue weighted by Crippen LogP contribution is -2.57. The van der Waals surface area contributed by atoms with Gasteiger partial charge in [0.25, 0.3) is 5.91 Å². The molecule has 1 saturated heterocycles. The molecule has 3 aromatic rings. The zero-order chi connectivity index (χ0) is 24.2. The summed E-state index contributed by atoms with van der Waals surface area (Å²) in [7, 11) is 3.05. The Morgan fingerprint density at radius 2 is 1.85 bits per heavy atom. The molecule has 2 aromatic heterocycles. The van der Waals surface area contributed by atoms with E-state index < -0.39 is 6.04 Å². The van der Waals surface area contributed by atoms with Gasteiger partial charge in [-0.05, 0) is 17.7 Å². The molecule has 1 atom stereocenters. The fourth-order valence-corrected chi connectivity index (χ4v) is 4.06. The van der Waals surface area contributed by atoms with Crippen molar-refractivity contribution in [1.82, 2.24) is 14.9 Å². The number of aliphatic hydroxyl groups excluding tert-OH is 1. The Balaban J connectivity index is 1.55. The molecule has 1 aliphatic heterocycles. The van der Waals surface area contributed by atoms with Crippen LogP contribution >= 0.6 is 0 Å². The van der Waals surface area contributed by atoms with Gasteiger partial charge in [-0.15, -0.1) is 0 Å². The van der Waals surface area contributed by atoms with E-state index in [1.165, 1.54) is 25.4 Å². The Hall–Kier alpha value is -3.92. The lowest BCUT2D eigenvalue weighted by molar-refractivity contribution is 0.0559. The molecule has 0 unspecified atom stereocenters. The van der Waals surface area contributed by atoms with Crippen molar-refractivity contribution in [2.45, 2.75) is 6.04 Å². The summed E-state index contributed by atoms with van der Waals surface area (Å²) in [4.78, 5) is 25.4. The van der Waals surface area contributed by atoms with Crippen LogP contribution in [0.3, 0.4) is 0 Å². The minimum absolute atomic E-state index is 0.196. The third kappa shape index (κ3) is 4.58. The van der Waals surface area contributed by atoms with E-state index in [2.05, 4.69) is 9.97 Å². The highest BCUT2D eigenvalue weighted by molar-refractivity contribution is 5.94. The smallest absolute Gasteiger partial charge is 0.273 e.